The van der Waals surface area contributed by atoms with E-state index >= 15 is 0 Å². The minimum Gasteiger partial charge on any atom is -0.378 e. The fraction of sp³-hybridized carbons (Fsp3) is 0.400. The lowest BCUT2D eigenvalue weighted by atomic mass is 10.1. The molecule has 48 heavy (non-hydrogen) atoms. The van der Waals surface area contributed by atoms with Crippen LogP contribution in [0.4, 0.5) is 11.4 Å². The van der Waals surface area contributed by atoms with Gasteiger partial charge >= 0.3 is 0 Å². The molecule has 0 fully saturated rings. The summed E-state index contributed by atoms with van der Waals surface area (Å²) in [6, 6.07) is 23.3. The van der Waals surface area contributed by atoms with E-state index in [-0.39, 0.29) is 10.1 Å². The summed E-state index contributed by atoms with van der Waals surface area (Å²) in [5.74, 6) is 0. The zero-order chi connectivity index (χ0) is 35.1. The molecule has 0 saturated heterocycles. The predicted octanol–water partition coefficient (Wildman–Crippen LogP) is 12.8. The summed E-state index contributed by atoms with van der Waals surface area (Å²) in [6.45, 7) is 25.1. The van der Waals surface area contributed by atoms with Crippen molar-refractivity contribution in [3.05, 3.63) is 60.7 Å². The van der Waals surface area contributed by atoms with Crippen molar-refractivity contribution in [1.29, 1.82) is 0 Å². The molecule has 0 bridgehead atoms. The van der Waals surface area contributed by atoms with Gasteiger partial charge in [-0.25, -0.2) is 0 Å². The maximum atomic E-state index is 2.59. The van der Waals surface area contributed by atoms with Crippen molar-refractivity contribution in [3.8, 4) is 30.6 Å². The molecule has 0 unspecified atom stereocenters. The van der Waals surface area contributed by atoms with E-state index in [2.05, 4.69) is 189 Å². The Bertz CT molecular complexity index is 1940. The average molecular weight is 745 g/mol. The van der Waals surface area contributed by atoms with Gasteiger partial charge in [-0.1, -0.05) is 92.0 Å². The number of fused-ring (bicyclic) bond motifs is 2. The number of hydrogen-bond acceptors (Lipinski definition) is 6. The third-order valence-electron chi connectivity index (χ3n) is 11.2. The fourth-order valence-electron chi connectivity index (χ4n) is 5.90. The van der Waals surface area contributed by atoms with E-state index in [1.54, 1.807) is 9.00 Å². The summed E-state index contributed by atoms with van der Waals surface area (Å²) in [5, 5.41) is 3.52. The lowest BCUT2D eigenvalue weighted by Crippen LogP contribution is -2.48. The molecule has 0 amide bonds. The smallest absolute Gasteiger partial charge is 0.0996 e. The summed E-state index contributed by atoms with van der Waals surface area (Å²) >= 11 is 8.27. The summed E-state index contributed by atoms with van der Waals surface area (Å²) in [6.07, 6.45) is 0. The van der Waals surface area contributed by atoms with Gasteiger partial charge in [-0.15, -0.1) is 45.3 Å². The van der Waals surface area contributed by atoms with E-state index in [1.807, 2.05) is 22.7 Å². The van der Waals surface area contributed by atoms with Gasteiger partial charge in [-0.2, -0.15) is 0 Å². The zero-order valence-electron chi connectivity index (χ0n) is 31.3. The van der Waals surface area contributed by atoms with Crippen LogP contribution in [0.15, 0.2) is 60.7 Å². The highest BCUT2D eigenvalue weighted by Gasteiger charge is 2.43. The van der Waals surface area contributed by atoms with Gasteiger partial charge in [0.25, 0.3) is 0 Å². The molecule has 0 aliphatic heterocycles. The van der Waals surface area contributed by atoms with Crippen LogP contribution in [0, 0.1) is 0 Å². The normalized spacial score (nSPS) is 13.2. The summed E-state index contributed by atoms with van der Waals surface area (Å²) in [4.78, 5) is 10.1. The first kappa shape index (κ1) is 35.6. The molecule has 8 heteroatoms. The van der Waals surface area contributed by atoms with E-state index in [0.717, 1.165) is 0 Å². The Kier molecular flexibility index (Phi) is 9.08. The van der Waals surface area contributed by atoms with Gasteiger partial charge in [0, 0.05) is 60.1 Å². The predicted molar refractivity (Wildman–Crippen MR) is 232 cm³/mol. The minimum absolute atomic E-state index is 0.253. The van der Waals surface area contributed by atoms with Crippen LogP contribution < -0.4 is 18.8 Å². The highest BCUT2D eigenvalue weighted by molar-refractivity contribution is 7.41. The largest absolute Gasteiger partial charge is 0.378 e. The number of anilines is 2. The van der Waals surface area contributed by atoms with Crippen LogP contribution in [-0.4, -0.2) is 44.3 Å². The molecule has 0 aliphatic carbocycles. The Morgan fingerprint density at radius 2 is 0.792 bits per heavy atom. The molecule has 0 spiro atoms. The van der Waals surface area contributed by atoms with Crippen LogP contribution in [0.1, 0.15) is 41.5 Å². The molecule has 0 radical (unpaired) electrons. The molecule has 6 aromatic rings. The van der Waals surface area contributed by atoms with Gasteiger partial charge in [-0.05, 0) is 66.6 Å². The van der Waals surface area contributed by atoms with E-state index in [1.165, 1.54) is 62.2 Å². The summed E-state index contributed by atoms with van der Waals surface area (Å²) in [7, 11) is 4.80. The fourth-order valence-corrected chi connectivity index (χ4v) is 18.7. The summed E-state index contributed by atoms with van der Waals surface area (Å²) < 4.78 is 6.28. The maximum absolute atomic E-state index is 2.59. The highest BCUT2D eigenvalue weighted by Crippen LogP contribution is 2.52. The lowest BCUT2D eigenvalue weighted by molar-refractivity contribution is 0.730. The minimum atomic E-state index is -1.83. The van der Waals surface area contributed by atoms with Crippen LogP contribution in [-0.2, 0) is 0 Å². The van der Waals surface area contributed by atoms with Crippen LogP contribution in [0.3, 0.4) is 0 Å². The van der Waals surface area contributed by atoms with Gasteiger partial charge in [0.2, 0.25) is 0 Å². The number of thiophene rings is 4. The average Bonchev–Trinajstić information content (AvgIpc) is 3.76. The lowest BCUT2D eigenvalue weighted by Gasteiger charge is -2.36. The van der Waals surface area contributed by atoms with Crippen LogP contribution in [0.2, 0.25) is 36.3 Å². The second kappa shape index (κ2) is 12.2. The van der Waals surface area contributed by atoms with Crippen molar-refractivity contribution in [3.63, 3.8) is 0 Å². The van der Waals surface area contributed by atoms with Crippen molar-refractivity contribution in [1.82, 2.24) is 0 Å². The first-order chi connectivity index (χ1) is 22.2. The Morgan fingerprint density at radius 1 is 0.479 bits per heavy atom. The molecule has 4 aromatic heterocycles. The number of hydrogen-bond donors (Lipinski definition) is 0. The quantitative estimate of drug-likeness (QED) is 0.150. The van der Waals surface area contributed by atoms with E-state index in [9.17, 15) is 0 Å². The van der Waals surface area contributed by atoms with E-state index in [4.69, 9.17) is 0 Å². The molecule has 0 aliphatic rings. The molecule has 254 valence electrons. The van der Waals surface area contributed by atoms with E-state index < -0.39 is 16.1 Å². The Morgan fingerprint density at radius 3 is 1.06 bits per heavy atom. The van der Waals surface area contributed by atoms with Crippen molar-refractivity contribution in [2.45, 2.75) is 77.8 Å². The number of nitrogens with zero attached hydrogens (tertiary/aromatic N) is 2. The van der Waals surface area contributed by atoms with Crippen molar-refractivity contribution >= 4 is 102 Å². The standard InChI is InChI=1S/C40H52N2S4Si2/c1-39(2,3)47(11,12)37-29-23-31(25-15-19-27(20-16-25)41(7)8)43-33(29)35(45-37)36-34-30(38(46-36)48(13,14)40(4,5)6)24-32(44-34)26-17-21-28(22-18-26)42(9)10/h15-24H,1-14H3. The van der Waals surface area contributed by atoms with E-state index in [0.29, 0.717) is 0 Å². The molecular weight excluding hydrogens is 693 g/mol. The Labute approximate surface area is 307 Å². The van der Waals surface area contributed by atoms with Crippen molar-refractivity contribution < 1.29 is 0 Å². The van der Waals surface area contributed by atoms with Gasteiger partial charge in [-0.3, -0.25) is 0 Å². The van der Waals surface area contributed by atoms with Crippen LogP contribution >= 0.6 is 45.3 Å². The molecule has 0 N–H and O–H groups in total. The first-order valence-corrected chi connectivity index (χ1v) is 26.2. The molecule has 2 nitrogen and oxygen atoms in total. The molecule has 0 saturated carbocycles. The Balaban J connectivity index is 1.63. The molecule has 6 rings (SSSR count). The third kappa shape index (κ3) is 5.98. The number of benzene rings is 2. The summed E-state index contributed by atoms with van der Waals surface area (Å²) in [5.41, 5.74) is 5.11. The second-order valence-electron chi connectivity index (χ2n) is 16.9. The Hall–Kier alpha value is -2.21. The number of rotatable bonds is 7. The topological polar surface area (TPSA) is 6.48 Å². The van der Waals surface area contributed by atoms with Crippen LogP contribution in [0.5, 0.6) is 0 Å². The third-order valence-corrected chi connectivity index (χ3v) is 30.0. The van der Waals surface area contributed by atoms with Gasteiger partial charge in [0.05, 0.1) is 35.3 Å². The van der Waals surface area contributed by atoms with Gasteiger partial charge in [0.15, 0.2) is 0 Å². The zero-order valence-corrected chi connectivity index (χ0v) is 36.6. The molecule has 4 heterocycles. The first-order valence-electron chi connectivity index (χ1n) is 16.9. The van der Waals surface area contributed by atoms with Crippen molar-refractivity contribution in [2.24, 2.45) is 0 Å². The SMILES string of the molecule is CN(C)c1ccc(-c2cc3c([Si](C)(C)C(C)(C)C)sc(-c4sc([Si](C)(C)C(C)(C)C)c5cc(-c6ccc(N(C)C)cc6)sc45)c3s2)cc1. The molecule has 0 atom stereocenters. The molecule has 2 aromatic carbocycles. The molecular formula is C40H52N2S4Si2. The van der Waals surface area contributed by atoms with Gasteiger partial charge < -0.3 is 9.80 Å². The van der Waals surface area contributed by atoms with Crippen molar-refractivity contribution in [2.75, 3.05) is 38.0 Å². The monoisotopic (exact) mass is 744 g/mol. The second-order valence-corrected chi connectivity index (χ2v) is 32.2. The van der Waals surface area contributed by atoms with Crippen LogP contribution in [0.25, 0.3) is 50.8 Å². The highest BCUT2D eigenvalue weighted by atomic mass is 32.1. The maximum Gasteiger partial charge on any atom is 0.0996 e. The van der Waals surface area contributed by atoms with Gasteiger partial charge in [0.1, 0.15) is 0 Å².